The van der Waals surface area contributed by atoms with E-state index in [4.69, 9.17) is 9.84 Å². The van der Waals surface area contributed by atoms with E-state index in [-0.39, 0.29) is 24.7 Å². The lowest BCUT2D eigenvalue weighted by molar-refractivity contribution is -0.0668. The minimum atomic E-state index is -0.297. The van der Waals surface area contributed by atoms with Crippen LogP contribution in [0.5, 0.6) is 0 Å². The van der Waals surface area contributed by atoms with Gasteiger partial charge in [0.05, 0.1) is 25.4 Å². The molecular weight excluding hydrogens is 232 g/mol. The maximum atomic E-state index is 12.4. The molecule has 2 atom stereocenters. The van der Waals surface area contributed by atoms with Crippen LogP contribution in [0.15, 0.2) is 18.3 Å². The zero-order valence-electron chi connectivity index (χ0n) is 10.7. The first-order chi connectivity index (χ1) is 8.63. The van der Waals surface area contributed by atoms with E-state index < -0.39 is 0 Å². The number of carbonyl (C=O) groups is 1. The second kappa shape index (κ2) is 5.46. The molecule has 2 rings (SSSR count). The summed E-state index contributed by atoms with van der Waals surface area (Å²) in [5.41, 5.74) is 1.34. The van der Waals surface area contributed by atoms with Crippen LogP contribution >= 0.6 is 0 Å². The van der Waals surface area contributed by atoms with Crippen molar-refractivity contribution in [3.05, 3.63) is 29.6 Å². The summed E-state index contributed by atoms with van der Waals surface area (Å²) in [4.78, 5) is 18.3. The van der Waals surface area contributed by atoms with Crippen LogP contribution in [0.25, 0.3) is 0 Å². The van der Waals surface area contributed by atoms with Crippen LogP contribution in [0, 0.1) is 6.92 Å². The predicted octanol–water partition coefficient (Wildman–Crippen LogP) is 0.612. The molecule has 1 aromatic heterocycles. The van der Waals surface area contributed by atoms with Crippen molar-refractivity contribution in [2.45, 2.75) is 26.0 Å². The number of carbonyl (C=O) groups excluding carboxylic acids is 1. The molecule has 1 amide bonds. The highest BCUT2D eigenvalue weighted by Gasteiger charge is 2.30. The normalized spacial score (nSPS) is 24.1. The van der Waals surface area contributed by atoms with Crippen LogP contribution in [0.2, 0.25) is 0 Å². The quantitative estimate of drug-likeness (QED) is 0.835. The van der Waals surface area contributed by atoms with Gasteiger partial charge in [-0.2, -0.15) is 0 Å². The summed E-state index contributed by atoms with van der Waals surface area (Å²) >= 11 is 0. The smallest absolute Gasteiger partial charge is 0.273 e. The van der Waals surface area contributed by atoms with Gasteiger partial charge in [0.1, 0.15) is 5.69 Å². The Morgan fingerprint density at radius 2 is 2.44 bits per heavy atom. The number of hydrogen-bond acceptors (Lipinski definition) is 4. The lowest BCUT2D eigenvalue weighted by Gasteiger charge is -2.37. The van der Waals surface area contributed by atoms with Crippen molar-refractivity contribution >= 4 is 5.91 Å². The molecule has 1 saturated heterocycles. The average Bonchev–Trinajstić information content (AvgIpc) is 2.39. The Hall–Kier alpha value is -1.46. The van der Waals surface area contributed by atoms with Gasteiger partial charge in [-0.05, 0) is 25.5 Å². The number of morpholine rings is 1. The number of aliphatic hydroxyl groups is 1. The third-order valence-corrected chi connectivity index (χ3v) is 3.18. The summed E-state index contributed by atoms with van der Waals surface area (Å²) in [6, 6.07) is 3.68. The number of hydrogen-bond donors (Lipinski definition) is 1. The molecule has 5 heteroatoms. The van der Waals surface area contributed by atoms with Crippen LogP contribution in [0.4, 0.5) is 0 Å². The maximum absolute atomic E-state index is 12.4. The third kappa shape index (κ3) is 2.52. The molecule has 0 saturated carbocycles. The summed E-state index contributed by atoms with van der Waals surface area (Å²) in [6.07, 6.45) is 1.32. The van der Waals surface area contributed by atoms with Crippen LogP contribution in [-0.2, 0) is 4.74 Å². The molecule has 0 aliphatic carbocycles. The number of amides is 1. The summed E-state index contributed by atoms with van der Waals surface area (Å²) in [5, 5.41) is 9.12. The molecule has 0 aromatic carbocycles. The topological polar surface area (TPSA) is 62.7 Å². The standard InChI is InChI=1S/C13H18N2O3/c1-9-4-3-5-14-12(9)13(17)15-6-11(7-16)18-8-10(15)2/h3-5,10-11,16H,6-8H2,1-2H3. The Morgan fingerprint density at radius 1 is 1.67 bits per heavy atom. The van der Waals surface area contributed by atoms with Crippen molar-refractivity contribution in [3.63, 3.8) is 0 Å². The van der Waals surface area contributed by atoms with E-state index in [9.17, 15) is 4.79 Å². The lowest BCUT2D eigenvalue weighted by Crippen LogP contribution is -2.52. The van der Waals surface area contributed by atoms with Crippen LogP contribution in [-0.4, -0.2) is 52.8 Å². The number of pyridine rings is 1. The van der Waals surface area contributed by atoms with Gasteiger partial charge in [-0.25, -0.2) is 0 Å². The Morgan fingerprint density at radius 3 is 3.11 bits per heavy atom. The van der Waals surface area contributed by atoms with E-state index in [0.29, 0.717) is 18.8 Å². The zero-order chi connectivity index (χ0) is 13.1. The molecule has 1 fully saturated rings. The number of aromatic nitrogens is 1. The molecule has 2 unspecified atom stereocenters. The Balaban J connectivity index is 2.19. The highest BCUT2D eigenvalue weighted by atomic mass is 16.5. The van der Waals surface area contributed by atoms with Gasteiger partial charge < -0.3 is 14.7 Å². The number of ether oxygens (including phenoxy) is 1. The van der Waals surface area contributed by atoms with Crippen LogP contribution < -0.4 is 0 Å². The van der Waals surface area contributed by atoms with E-state index in [1.165, 1.54) is 0 Å². The van der Waals surface area contributed by atoms with E-state index in [1.54, 1.807) is 11.1 Å². The molecule has 1 aromatic rings. The van der Waals surface area contributed by atoms with Gasteiger partial charge in [0.25, 0.3) is 5.91 Å². The lowest BCUT2D eigenvalue weighted by atomic mass is 10.1. The fraction of sp³-hybridized carbons (Fsp3) is 0.538. The SMILES string of the molecule is Cc1cccnc1C(=O)N1CC(CO)OCC1C. The minimum absolute atomic E-state index is 0.00158. The second-order valence-corrected chi connectivity index (χ2v) is 4.61. The van der Waals surface area contributed by atoms with Gasteiger partial charge in [0.15, 0.2) is 0 Å². The fourth-order valence-corrected chi connectivity index (χ4v) is 2.06. The molecule has 0 bridgehead atoms. The van der Waals surface area contributed by atoms with Crippen molar-refractivity contribution in [3.8, 4) is 0 Å². The molecule has 5 nitrogen and oxygen atoms in total. The van der Waals surface area contributed by atoms with Crippen molar-refractivity contribution in [2.75, 3.05) is 19.8 Å². The van der Waals surface area contributed by atoms with Gasteiger partial charge in [0, 0.05) is 12.7 Å². The van der Waals surface area contributed by atoms with Crippen molar-refractivity contribution < 1.29 is 14.6 Å². The predicted molar refractivity (Wildman–Crippen MR) is 66.3 cm³/mol. The van der Waals surface area contributed by atoms with Crippen molar-refractivity contribution in [2.24, 2.45) is 0 Å². The first kappa shape index (κ1) is 13.0. The van der Waals surface area contributed by atoms with Gasteiger partial charge in [-0.3, -0.25) is 9.78 Å². The first-order valence-electron chi connectivity index (χ1n) is 6.08. The maximum Gasteiger partial charge on any atom is 0.273 e. The number of aliphatic hydroxyl groups excluding tert-OH is 1. The van der Waals surface area contributed by atoms with Crippen LogP contribution in [0.3, 0.4) is 0 Å². The average molecular weight is 250 g/mol. The molecule has 1 N–H and O–H groups in total. The van der Waals surface area contributed by atoms with E-state index in [1.807, 2.05) is 26.0 Å². The summed E-state index contributed by atoms with van der Waals surface area (Å²) in [7, 11) is 0. The van der Waals surface area contributed by atoms with Gasteiger partial charge >= 0.3 is 0 Å². The molecule has 2 heterocycles. The summed E-state index contributed by atoms with van der Waals surface area (Å²) in [5.74, 6) is -0.0950. The van der Waals surface area contributed by atoms with Crippen molar-refractivity contribution in [1.29, 1.82) is 0 Å². The number of aryl methyl sites for hydroxylation is 1. The highest BCUT2D eigenvalue weighted by molar-refractivity contribution is 5.93. The Kier molecular flexibility index (Phi) is 3.93. The zero-order valence-corrected chi connectivity index (χ0v) is 10.7. The van der Waals surface area contributed by atoms with Gasteiger partial charge in [0.2, 0.25) is 0 Å². The molecule has 0 radical (unpaired) electrons. The Bertz CT molecular complexity index is 436. The van der Waals surface area contributed by atoms with Crippen molar-refractivity contribution in [1.82, 2.24) is 9.88 Å². The molecule has 98 valence electrons. The monoisotopic (exact) mass is 250 g/mol. The van der Waals surface area contributed by atoms with E-state index in [2.05, 4.69) is 4.98 Å². The molecule has 0 spiro atoms. The molecular formula is C13H18N2O3. The number of nitrogens with zero attached hydrogens (tertiary/aromatic N) is 2. The highest BCUT2D eigenvalue weighted by Crippen LogP contribution is 2.16. The minimum Gasteiger partial charge on any atom is -0.394 e. The van der Waals surface area contributed by atoms with E-state index >= 15 is 0 Å². The van der Waals surface area contributed by atoms with Gasteiger partial charge in [-0.1, -0.05) is 6.07 Å². The molecule has 18 heavy (non-hydrogen) atoms. The van der Waals surface area contributed by atoms with Crippen LogP contribution in [0.1, 0.15) is 23.0 Å². The molecule has 1 aliphatic rings. The Labute approximate surface area is 106 Å². The first-order valence-corrected chi connectivity index (χ1v) is 6.08. The summed E-state index contributed by atoms with van der Waals surface area (Å²) < 4.78 is 5.42. The van der Waals surface area contributed by atoms with E-state index in [0.717, 1.165) is 5.56 Å². The van der Waals surface area contributed by atoms with Gasteiger partial charge in [-0.15, -0.1) is 0 Å². The third-order valence-electron chi connectivity index (χ3n) is 3.18. The molecule has 1 aliphatic heterocycles. The number of rotatable bonds is 2. The largest absolute Gasteiger partial charge is 0.394 e. The fourth-order valence-electron chi connectivity index (χ4n) is 2.06. The summed E-state index contributed by atoms with van der Waals surface area (Å²) in [6.45, 7) is 4.59. The second-order valence-electron chi connectivity index (χ2n) is 4.61.